The number of aliphatic hydroxyl groups excluding tert-OH is 1. The van der Waals surface area contributed by atoms with Crippen LogP contribution in [0.3, 0.4) is 0 Å². The second-order valence-electron chi connectivity index (χ2n) is 3.30. The first-order valence-electron chi connectivity index (χ1n) is 4.54. The first-order chi connectivity index (χ1) is 7.04. The van der Waals surface area contributed by atoms with Crippen LogP contribution >= 0.6 is 0 Å². The largest absolute Gasteiger partial charge is 0.497 e. The van der Waals surface area contributed by atoms with Crippen molar-refractivity contribution in [1.29, 1.82) is 0 Å². The molecule has 0 aromatic heterocycles. The van der Waals surface area contributed by atoms with Gasteiger partial charge in [0.05, 0.1) is 18.1 Å². The molecular weight excluding hydrogens is 198 g/mol. The normalized spacial score (nSPS) is 12.2. The van der Waals surface area contributed by atoms with Gasteiger partial charge in [0, 0.05) is 18.1 Å². The Morgan fingerprint density at radius 1 is 1.60 bits per heavy atom. The molecule has 0 saturated carbocycles. The Hall–Kier alpha value is -1.62. The van der Waals surface area contributed by atoms with Crippen LogP contribution in [-0.4, -0.2) is 23.2 Å². The lowest BCUT2D eigenvalue weighted by Crippen LogP contribution is -2.06. The molecule has 1 unspecified atom stereocenters. The second kappa shape index (κ2) is 4.75. The van der Waals surface area contributed by atoms with Gasteiger partial charge in [0.15, 0.2) is 0 Å². The smallest absolute Gasteiger partial charge is 0.272 e. The molecule has 1 rings (SSSR count). The van der Waals surface area contributed by atoms with E-state index in [-0.39, 0.29) is 12.1 Å². The molecule has 1 atom stereocenters. The molecule has 0 aliphatic rings. The highest BCUT2D eigenvalue weighted by Gasteiger charge is 2.15. The van der Waals surface area contributed by atoms with Crippen LogP contribution in [0.2, 0.25) is 0 Å². The van der Waals surface area contributed by atoms with Crippen molar-refractivity contribution in [3.8, 4) is 5.75 Å². The van der Waals surface area contributed by atoms with E-state index in [4.69, 9.17) is 4.74 Å². The summed E-state index contributed by atoms with van der Waals surface area (Å²) in [5, 5.41) is 19.9. The van der Waals surface area contributed by atoms with Gasteiger partial charge in [-0.25, -0.2) is 0 Å². The molecule has 0 spiro atoms. The third kappa shape index (κ3) is 2.92. The number of nitro groups is 1. The molecule has 0 aliphatic heterocycles. The standard InChI is InChI=1S/C10H13NO4/c1-7(12)5-8-6-9(15-2)3-4-10(8)11(13)14/h3-4,6-7,12H,5H2,1-2H3. The Labute approximate surface area is 87.5 Å². The van der Waals surface area contributed by atoms with Crippen LogP contribution in [0.25, 0.3) is 0 Å². The zero-order valence-electron chi connectivity index (χ0n) is 8.64. The fraction of sp³-hybridized carbons (Fsp3) is 0.400. The summed E-state index contributed by atoms with van der Waals surface area (Å²) in [6.07, 6.45) is -0.371. The fourth-order valence-corrected chi connectivity index (χ4v) is 1.35. The number of hydrogen-bond donors (Lipinski definition) is 1. The van der Waals surface area contributed by atoms with E-state index >= 15 is 0 Å². The minimum absolute atomic E-state index is 0.0108. The predicted molar refractivity (Wildman–Crippen MR) is 55.0 cm³/mol. The van der Waals surface area contributed by atoms with Crippen molar-refractivity contribution < 1.29 is 14.8 Å². The molecule has 0 heterocycles. The van der Waals surface area contributed by atoms with E-state index in [0.29, 0.717) is 11.3 Å². The van der Waals surface area contributed by atoms with Crippen molar-refractivity contribution in [1.82, 2.24) is 0 Å². The third-order valence-corrected chi connectivity index (χ3v) is 2.00. The first kappa shape index (κ1) is 11.5. The van der Waals surface area contributed by atoms with Gasteiger partial charge in [-0.2, -0.15) is 0 Å². The summed E-state index contributed by atoms with van der Waals surface area (Å²) in [4.78, 5) is 10.2. The molecule has 1 aromatic carbocycles. The minimum atomic E-state index is -0.615. The highest BCUT2D eigenvalue weighted by molar-refractivity contribution is 5.45. The number of nitrogens with zero attached hydrogens (tertiary/aromatic N) is 1. The maximum atomic E-state index is 10.7. The summed E-state index contributed by atoms with van der Waals surface area (Å²) in [6, 6.07) is 4.49. The summed E-state index contributed by atoms with van der Waals surface area (Å²) < 4.78 is 4.97. The summed E-state index contributed by atoms with van der Waals surface area (Å²) >= 11 is 0. The van der Waals surface area contributed by atoms with Crippen LogP contribution in [0, 0.1) is 10.1 Å². The predicted octanol–water partition coefficient (Wildman–Crippen LogP) is 1.53. The van der Waals surface area contributed by atoms with Crippen LogP contribution < -0.4 is 4.74 Å². The van der Waals surface area contributed by atoms with Crippen molar-refractivity contribution in [2.45, 2.75) is 19.4 Å². The van der Waals surface area contributed by atoms with Crippen LogP contribution in [-0.2, 0) is 6.42 Å². The van der Waals surface area contributed by atoms with Gasteiger partial charge in [0.2, 0.25) is 0 Å². The summed E-state index contributed by atoms with van der Waals surface area (Å²) in [7, 11) is 1.49. The van der Waals surface area contributed by atoms with E-state index in [1.807, 2.05) is 0 Å². The quantitative estimate of drug-likeness (QED) is 0.605. The molecule has 82 valence electrons. The fourth-order valence-electron chi connectivity index (χ4n) is 1.35. The zero-order chi connectivity index (χ0) is 11.4. The van der Waals surface area contributed by atoms with E-state index in [1.165, 1.54) is 19.2 Å². The molecule has 0 fully saturated rings. The maximum Gasteiger partial charge on any atom is 0.272 e. The van der Waals surface area contributed by atoms with E-state index in [1.54, 1.807) is 13.0 Å². The average Bonchev–Trinajstić information content (AvgIpc) is 2.16. The number of hydrogen-bond acceptors (Lipinski definition) is 4. The molecule has 0 saturated heterocycles. The zero-order valence-corrected chi connectivity index (χ0v) is 8.64. The van der Waals surface area contributed by atoms with Gasteiger partial charge in [0.1, 0.15) is 5.75 Å². The highest BCUT2D eigenvalue weighted by atomic mass is 16.6. The van der Waals surface area contributed by atoms with Gasteiger partial charge < -0.3 is 9.84 Å². The Kier molecular flexibility index (Phi) is 3.62. The van der Waals surface area contributed by atoms with Gasteiger partial charge >= 0.3 is 0 Å². The molecule has 5 nitrogen and oxygen atoms in total. The lowest BCUT2D eigenvalue weighted by molar-refractivity contribution is -0.385. The first-order valence-corrected chi connectivity index (χ1v) is 4.54. The van der Waals surface area contributed by atoms with Crippen molar-refractivity contribution in [3.63, 3.8) is 0 Å². The molecule has 0 amide bonds. The molecule has 0 radical (unpaired) electrons. The topological polar surface area (TPSA) is 72.6 Å². The molecular formula is C10H13NO4. The van der Waals surface area contributed by atoms with Crippen LogP contribution in [0.5, 0.6) is 5.75 Å². The maximum absolute atomic E-state index is 10.7. The molecule has 1 N–H and O–H groups in total. The minimum Gasteiger partial charge on any atom is -0.497 e. The number of ether oxygens (including phenoxy) is 1. The number of nitro benzene ring substituents is 1. The summed E-state index contributed by atoms with van der Waals surface area (Å²) in [6.45, 7) is 1.59. The number of methoxy groups -OCH3 is 1. The van der Waals surface area contributed by atoms with Crippen LogP contribution in [0.1, 0.15) is 12.5 Å². The molecule has 1 aromatic rings. The Bertz CT molecular complexity index is 362. The van der Waals surface area contributed by atoms with Gasteiger partial charge in [-0.3, -0.25) is 10.1 Å². The van der Waals surface area contributed by atoms with Gasteiger partial charge in [-0.05, 0) is 19.1 Å². The number of benzene rings is 1. The Balaban J connectivity index is 3.10. The SMILES string of the molecule is COc1ccc([N+](=O)[O-])c(CC(C)O)c1. The van der Waals surface area contributed by atoms with Gasteiger partial charge in [-0.1, -0.05) is 0 Å². The molecule has 5 heteroatoms. The van der Waals surface area contributed by atoms with E-state index < -0.39 is 11.0 Å². The Morgan fingerprint density at radius 3 is 2.73 bits per heavy atom. The van der Waals surface area contributed by atoms with Crippen molar-refractivity contribution in [2.24, 2.45) is 0 Å². The monoisotopic (exact) mass is 211 g/mol. The summed E-state index contributed by atoms with van der Waals surface area (Å²) in [5.41, 5.74) is 0.492. The molecule has 15 heavy (non-hydrogen) atoms. The second-order valence-corrected chi connectivity index (χ2v) is 3.30. The van der Waals surface area contributed by atoms with E-state index in [2.05, 4.69) is 0 Å². The third-order valence-electron chi connectivity index (χ3n) is 2.00. The summed E-state index contributed by atoms with van der Waals surface area (Å²) in [5.74, 6) is 0.552. The lowest BCUT2D eigenvalue weighted by Gasteiger charge is -2.07. The highest BCUT2D eigenvalue weighted by Crippen LogP contribution is 2.24. The average molecular weight is 211 g/mol. The van der Waals surface area contributed by atoms with Gasteiger partial charge in [0.25, 0.3) is 5.69 Å². The molecule has 0 bridgehead atoms. The lowest BCUT2D eigenvalue weighted by atomic mass is 10.1. The molecule has 0 aliphatic carbocycles. The number of aliphatic hydroxyl groups is 1. The van der Waals surface area contributed by atoms with Gasteiger partial charge in [-0.15, -0.1) is 0 Å². The van der Waals surface area contributed by atoms with Crippen LogP contribution in [0.4, 0.5) is 5.69 Å². The Morgan fingerprint density at radius 2 is 2.27 bits per heavy atom. The van der Waals surface area contributed by atoms with Crippen molar-refractivity contribution in [2.75, 3.05) is 7.11 Å². The van der Waals surface area contributed by atoms with Crippen molar-refractivity contribution in [3.05, 3.63) is 33.9 Å². The van der Waals surface area contributed by atoms with Crippen LogP contribution in [0.15, 0.2) is 18.2 Å². The number of rotatable bonds is 4. The van der Waals surface area contributed by atoms with E-state index in [9.17, 15) is 15.2 Å². The van der Waals surface area contributed by atoms with Crippen molar-refractivity contribution >= 4 is 5.69 Å². The van der Waals surface area contributed by atoms with E-state index in [0.717, 1.165) is 0 Å².